The number of carbonyl (C=O) groups excluding carboxylic acids is 1. The van der Waals surface area contributed by atoms with Crippen molar-refractivity contribution in [1.29, 1.82) is 0 Å². The molecule has 0 bridgehead atoms. The fourth-order valence-electron chi connectivity index (χ4n) is 2.17. The van der Waals surface area contributed by atoms with Gasteiger partial charge in [-0.3, -0.25) is 0 Å². The van der Waals surface area contributed by atoms with Crippen LogP contribution in [-0.4, -0.2) is 23.0 Å². The summed E-state index contributed by atoms with van der Waals surface area (Å²) in [4.78, 5) is 22.8. The van der Waals surface area contributed by atoms with Crippen LogP contribution in [0.1, 0.15) is 31.4 Å². The number of benzene rings is 1. The molecule has 0 aliphatic heterocycles. The molecule has 1 N–H and O–H groups in total. The Labute approximate surface area is 139 Å². The smallest absolute Gasteiger partial charge is 0.416 e. The molecule has 0 spiro atoms. The zero-order valence-corrected chi connectivity index (χ0v) is 13.3. The second kappa shape index (κ2) is 6.81. The molecule has 0 aliphatic rings. The number of hydrogen-bond donors (Lipinski definition) is 1. The largest absolute Gasteiger partial charge is 0.477 e. The highest BCUT2D eigenvalue weighted by molar-refractivity contribution is 5.88. The molecule has 0 amide bonds. The molecular formula is C16H15F5O4. The minimum absolute atomic E-state index is 0.314. The average molecular weight is 366 g/mol. The van der Waals surface area contributed by atoms with Crippen molar-refractivity contribution in [1.82, 2.24) is 0 Å². The topological polar surface area (TPSA) is 63.6 Å². The van der Waals surface area contributed by atoms with Crippen LogP contribution in [0.2, 0.25) is 0 Å². The van der Waals surface area contributed by atoms with Gasteiger partial charge in [-0.05, 0) is 25.5 Å². The second-order valence-electron chi connectivity index (χ2n) is 5.31. The first kappa shape index (κ1) is 20.6. The summed E-state index contributed by atoms with van der Waals surface area (Å²) >= 11 is 0. The van der Waals surface area contributed by atoms with E-state index in [4.69, 9.17) is 9.84 Å². The van der Waals surface area contributed by atoms with Crippen LogP contribution in [0.5, 0.6) is 0 Å². The molecule has 4 nitrogen and oxygen atoms in total. The third-order valence-corrected chi connectivity index (χ3v) is 3.55. The van der Waals surface area contributed by atoms with Gasteiger partial charge in [0.1, 0.15) is 0 Å². The van der Waals surface area contributed by atoms with Gasteiger partial charge in [0.25, 0.3) is 0 Å². The van der Waals surface area contributed by atoms with Crippen molar-refractivity contribution in [3.63, 3.8) is 0 Å². The van der Waals surface area contributed by atoms with Crippen LogP contribution in [0.15, 0.2) is 36.4 Å². The van der Waals surface area contributed by atoms with Crippen LogP contribution >= 0.6 is 0 Å². The SMILES string of the molecule is C=C(C)C(=O)OC(CC)(c1cccc(C(F)(F)F)c1)C(F)(F)C(=O)O. The van der Waals surface area contributed by atoms with Crippen molar-refractivity contribution < 1.29 is 41.4 Å². The number of alkyl halides is 5. The maximum atomic E-state index is 14.4. The van der Waals surface area contributed by atoms with Gasteiger partial charge in [0.15, 0.2) is 0 Å². The van der Waals surface area contributed by atoms with Gasteiger partial charge in [0.05, 0.1) is 5.56 Å². The molecule has 0 heterocycles. The second-order valence-corrected chi connectivity index (χ2v) is 5.31. The van der Waals surface area contributed by atoms with E-state index in [0.29, 0.717) is 12.1 Å². The van der Waals surface area contributed by atoms with Crippen LogP contribution in [0.3, 0.4) is 0 Å². The molecule has 1 aromatic rings. The number of aliphatic carboxylic acids is 1. The summed E-state index contributed by atoms with van der Waals surface area (Å²) in [6.07, 6.45) is -5.64. The lowest BCUT2D eigenvalue weighted by molar-refractivity contribution is -0.226. The molecule has 25 heavy (non-hydrogen) atoms. The lowest BCUT2D eigenvalue weighted by Crippen LogP contribution is -2.53. The third kappa shape index (κ3) is 3.80. The fraction of sp³-hybridized carbons (Fsp3) is 0.375. The Hall–Kier alpha value is -2.45. The minimum Gasteiger partial charge on any atom is -0.477 e. The molecule has 1 unspecified atom stereocenters. The van der Waals surface area contributed by atoms with Crippen molar-refractivity contribution >= 4 is 11.9 Å². The van der Waals surface area contributed by atoms with E-state index >= 15 is 0 Å². The maximum Gasteiger partial charge on any atom is 0.416 e. The average Bonchev–Trinajstić information content (AvgIpc) is 2.51. The van der Waals surface area contributed by atoms with Crippen molar-refractivity contribution in [2.45, 2.75) is 38.0 Å². The molecule has 0 aliphatic carbocycles. The number of carboxylic acids is 1. The van der Waals surface area contributed by atoms with Crippen molar-refractivity contribution in [3.8, 4) is 0 Å². The van der Waals surface area contributed by atoms with Crippen molar-refractivity contribution in [2.24, 2.45) is 0 Å². The number of esters is 1. The third-order valence-electron chi connectivity index (χ3n) is 3.55. The molecule has 1 rings (SSSR count). The van der Waals surface area contributed by atoms with Gasteiger partial charge < -0.3 is 9.84 Å². The van der Waals surface area contributed by atoms with Crippen LogP contribution in [0.25, 0.3) is 0 Å². The zero-order chi connectivity index (χ0) is 19.6. The normalized spacial score (nSPS) is 14.5. The van der Waals surface area contributed by atoms with E-state index in [2.05, 4.69) is 6.58 Å². The van der Waals surface area contributed by atoms with Gasteiger partial charge in [0.2, 0.25) is 5.60 Å². The van der Waals surface area contributed by atoms with E-state index in [1.165, 1.54) is 0 Å². The zero-order valence-electron chi connectivity index (χ0n) is 13.3. The maximum absolute atomic E-state index is 14.4. The van der Waals surface area contributed by atoms with E-state index in [0.717, 1.165) is 26.0 Å². The lowest BCUT2D eigenvalue weighted by Gasteiger charge is -2.37. The quantitative estimate of drug-likeness (QED) is 0.467. The predicted molar refractivity (Wildman–Crippen MR) is 76.9 cm³/mol. The van der Waals surface area contributed by atoms with Crippen LogP contribution in [0, 0.1) is 0 Å². The van der Waals surface area contributed by atoms with Crippen LogP contribution in [0.4, 0.5) is 22.0 Å². The van der Waals surface area contributed by atoms with Crippen LogP contribution < -0.4 is 0 Å². The Kier molecular flexibility index (Phi) is 5.61. The number of halogens is 5. The molecule has 0 radical (unpaired) electrons. The molecule has 0 fully saturated rings. The highest BCUT2D eigenvalue weighted by Crippen LogP contribution is 2.45. The number of carboxylic acid groups (broad SMARTS) is 1. The number of rotatable bonds is 6. The standard InChI is InChI=1S/C16H15F5O4/c1-4-14(15(17,18)13(23)24,25-12(22)9(2)3)10-6-5-7-11(8-10)16(19,20)21/h5-8H,2,4H2,1,3H3,(H,23,24). The number of hydrogen-bond acceptors (Lipinski definition) is 3. The summed E-state index contributed by atoms with van der Waals surface area (Å²) in [5.74, 6) is -8.67. The van der Waals surface area contributed by atoms with Crippen LogP contribution in [-0.2, 0) is 26.1 Å². The van der Waals surface area contributed by atoms with Gasteiger partial charge in [-0.2, -0.15) is 22.0 Å². The summed E-state index contributed by atoms with van der Waals surface area (Å²) in [7, 11) is 0. The highest BCUT2D eigenvalue weighted by atomic mass is 19.4. The Morgan fingerprint density at radius 2 is 1.68 bits per heavy atom. The Bertz CT molecular complexity index is 696. The van der Waals surface area contributed by atoms with E-state index < -0.39 is 47.2 Å². The number of carbonyl (C=O) groups is 2. The molecule has 1 aromatic carbocycles. The molecular weight excluding hydrogens is 351 g/mol. The summed E-state index contributed by atoms with van der Waals surface area (Å²) in [5, 5.41) is 8.86. The van der Waals surface area contributed by atoms with Gasteiger partial charge in [-0.1, -0.05) is 25.6 Å². The monoisotopic (exact) mass is 366 g/mol. The van der Waals surface area contributed by atoms with Crippen molar-refractivity contribution in [3.05, 3.63) is 47.5 Å². The van der Waals surface area contributed by atoms with Gasteiger partial charge in [-0.25, -0.2) is 9.59 Å². The Morgan fingerprint density at radius 1 is 1.16 bits per heavy atom. The summed E-state index contributed by atoms with van der Waals surface area (Å²) in [5.41, 5.74) is -5.51. The predicted octanol–water partition coefficient (Wildman–Crippen LogP) is 4.15. The Balaban J connectivity index is 3.69. The van der Waals surface area contributed by atoms with E-state index in [1.807, 2.05) is 0 Å². The molecule has 0 saturated heterocycles. The first-order valence-corrected chi connectivity index (χ1v) is 6.97. The van der Waals surface area contributed by atoms with Crippen molar-refractivity contribution in [2.75, 3.05) is 0 Å². The molecule has 9 heteroatoms. The lowest BCUT2D eigenvalue weighted by atomic mass is 9.83. The molecule has 1 atom stereocenters. The molecule has 0 saturated carbocycles. The molecule has 0 aromatic heterocycles. The summed E-state index contributed by atoms with van der Waals surface area (Å²) < 4.78 is 72.2. The van der Waals surface area contributed by atoms with Gasteiger partial charge >= 0.3 is 24.0 Å². The summed E-state index contributed by atoms with van der Waals surface area (Å²) in [6.45, 7) is 5.41. The minimum atomic E-state index is -4.85. The summed E-state index contributed by atoms with van der Waals surface area (Å²) in [6, 6.07) is 2.64. The fourth-order valence-corrected chi connectivity index (χ4v) is 2.17. The highest BCUT2D eigenvalue weighted by Gasteiger charge is 2.63. The first-order chi connectivity index (χ1) is 11.3. The van der Waals surface area contributed by atoms with E-state index in [1.54, 1.807) is 0 Å². The van der Waals surface area contributed by atoms with E-state index in [9.17, 15) is 31.5 Å². The van der Waals surface area contributed by atoms with E-state index in [-0.39, 0.29) is 5.57 Å². The van der Waals surface area contributed by atoms with Gasteiger partial charge in [-0.15, -0.1) is 0 Å². The number of ether oxygens (including phenoxy) is 1. The van der Waals surface area contributed by atoms with Gasteiger partial charge in [0, 0.05) is 11.1 Å². The molecule has 138 valence electrons. The Morgan fingerprint density at radius 3 is 2.08 bits per heavy atom. The first-order valence-electron chi connectivity index (χ1n) is 6.97.